The zero-order valence-corrected chi connectivity index (χ0v) is 15.4. The van der Waals surface area contributed by atoms with Gasteiger partial charge in [0.15, 0.2) is 8.32 Å². The van der Waals surface area contributed by atoms with Gasteiger partial charge in [-0.15, -0.1) is 0 Å². The summed E-state index contributed by atoms with van der Waals surface area (Å²) in [7, 11) is -1.75. The molecule has 0 saturated heterocycles. The molecule has 2 N–H and O–H groups in total. The van der Waals surface area contributed by atoms with Crippen molar-refractivity contribution in [2.75, 3.05) is 6.61 Å². The fourth-order valence-electron chi connectivity index (χ4n) is 1.75. The van der Waals surface area contributed by atoms with E-state index in [0.29, 0.717) is 12.2 Å². The van der Waals surface area contributed by atoms with Gasteiger partial charge in [0.1, 0.15) is 0 Å². The molecule has 0 radical (unpaired) electrons. The number of amides is 1. The SMILES string of the molecule is CC(C)(CO[Si](C)(C)C(C)(C)C)c1ccc(C(N)=O)cc1. The number of benzene rings is 1. The van der Waals surface area contributed by atoms with Gasteiger partial charge in [-0.2, -0.15) is 0 Å². The standard InChI is InChI=1S/C17H29NO2Si/c1-16(2,3)21(6,7)20-12-17(4,5)14-10-8-13(9-11-14)15(18)19/h8-11H,12H2,1-7H3,(H2,18,19). The zero-order valence-electron chi connectivity index (χ0n) is 14.4. The Morgan fingerprint density at radius 1 is 1.10 bits per heavy atom. The van der Waals surface area contributed by atoms with E-state index >= 15 is 0 Å². The van der Waals surface area contributed by atoms with E-state index in [1.165, 1.54) is 0 Å². The number of rotatable bonds is 5. The van der Waals surface area contributed by atoms with Crippen molar-refractivity contribution in [1.82, 2.24) is 0 Å². The topological polar surface area (TPSA) is 52.3 Å². The molecule has 0 aromatic heterocycles. The van der Waals surface area contributed by atoms with Crippen molar-refractivity contribution in [3.63, 3.8) is 0 Å². The van der Waals surface area contributed by atoms with E-state index in [1.807, 2.05) is 12.1 Å². The summed E-state index contributed by atoms with van der Waals surface area (Å²) in [5.74, 6) is -0.392. The van der Waals surface area contributed by atoms with Gasteiger partial charge in [-0.05, 0) is 35.8 Å². The molecule has 118 valence electrons. The highest BCUT2D eigenvalue weighted by Gasteiger charge is 2.38. The molecule has 1 amide bonds. The number of nitrogens with two attached hydrogens (primary N) is 1. The zero-order chi connectivity index (χ0) is 16.5. The van der Waals surface area contributed by atoms with Crippen LogP contribution in [0.2, 0.25) is 18.1 Å². The van der Waals surface area contributed by atoms with Crippen molar-refractivity contribution in [2.45, 2.75) is 58.2 Å². The lowest BCUT2D eigenvalue weighted by molar-refractivity contribution is 0.1000. The van der Waals surface area contributed by atoms with E-state index in [-0.39, 0.29) is 10.5 Å². The number of hydrogen-bond acceptors (Lipinski definition) is 2. The van der Waals surface area contributed by atoms with Crippen LogP contribution >= 0.6 is 0 Å². The minimum atomic E-state index is -1.75. The minimum absolute atomic E-state index is 0.0916. The van der Waals surface area contributed by atoms with E-state index in [4.69, 9.17) is 10.2 Å². The molecule has 0 aliphatic rings. The summed E-state index contributed by atoms with van der Waals surface area (Å²) >= 11 is 0. The molecular weight excluding hydrogens is 278 g/mol. The van der Waals surface area contributed by atoms with Crippen molar-refractivity contribution >= 4 is 14.2 Å². The van der Waals surface area contributed by atoms with Gasteiger partial charge in [0, 0.05) is 17.6 Å². The average molecular weight is 308 g/mol. The molecule has 0 aliphatic carbocycles. The van der Waals surface area contributed by atoms with Crippen LogP contribution in [-0.4, -0.2) is 20.8 Å². The predicted molar refractivity (Wildman–Crippen MR) is 91.1 cm³/mol. The first-order valence-corrected chi connectivity index (χ1v) is 10.3. The molecule has 4 heteroatoms. The molecule has 0 fully saturated rings. The Morgan fingerprint density at radius 2 is 1.57 bits per heavy atom. The Kier molecular flexibility index (Phi) is 5.06. The van der Waals surface area contributed by atoms with Crippen LogP contribution in [0.3, 0.4) is 0 Å². The second-order valence-corrected chi connectivity index (χ2v) is 12.7. The van der Waals surface area contributed by atoms with E-state index < -0.39 is 14.2 Å². The van der Waals surface area contributed by atoms with Gasteiger partial charge in [-0.25, -0.2) is 0 Å². The Labute approximate surface area is 130 Å². The monoisotopic (exact) mass is 307 g/mol. The maximum Gasteiger partial charge on any atom is 0.248 e. The summed E-state index contributed by atoms with van der Waals surface area (Å²) < 4.78 is 6.34. The number of carbonyl (C=O) groups is 1. The highest BCUT2D eigenvalue weighted by molar-refractivity contribution is 6.74. The van der Waals surface area contributed by atoms with Crippen LogP contribution < -0.4 is 5.73 Å². The lowest BCUT2D eigenvalue weighted by Gasteiger charge is -2.39. The van der Waals surface area contributed by atoms with E-state index in [0.717, 1.165) is 5.56 Å². The van der Waals surface area contributed by atoms with Gasteiger partial charge in [-0.1, -0.05) is 46.8 Å². The molecular formula is C17H29NO2Si. The van der Waals surface area contributed by atoms with Crippen molar-refractivity contribution < 1.29 is 9.22 Å². The highest BCUT2D eigenvalue weighted by atomic mass is 28.4. The van der Waals surface area contributed by atoms with Gasteiger partial charge in [0.2, 0.25) is 5.91 Å². The normalized spacial score (nSPS) is 13.3. The van der Waals surface area contributed by atoms with Crippen molar-refractivity contribution in [3.8, 4) is 0 Å². The first kappa shape index (κ1) is 17.9. The molecule has 21 heavy (non-hydrogen) atoms. The molecule has 0 aliphatic heterocycles. The van der Waals surface area contributed by atoms with E-state index in [2.05, 4.69) is 47.7 Å². The minimum Gasteiger partial charge on any atom is -0.416 e. The van der Waals surface area contributed by atoms with Gasteiger partial charge in [0.05, 0.1) is 0 Å². The summed E-state index contributed by atoms with van der Waals surface area (Å²) in [6.45, 7) is 16.3. The maximum atomic E-state index is 11.1. The first-order valence-electron chi connectivity index (χ1n) is 7.41. The molecule has 0 saturated carbocycles. The summed E-state index contributed by atoms with van der Waals surface area (Å²) in [6.07, 6.45) is 0. The van der Waals surface area contributed by atoms with Crippen LogP contribution in [0, 0.1) is 0 Å². The lowest BCUT2D eigenvalue weighted by atomic mass is 9.85. The predicted octanol–water partition coefficient (Wildman–Crippen LogP) is 4.08. The second kappa shape index (κ2) is 5.93. The Balaban J connectivity index is 2.84. The Morgan fingerprint density at radius 3 is 1.95 bits per heavy atom. The Hall–Kier alpha value is -1.13. The molecule has 0 bridgehead atoms. The fourth-order valence-corrected chi connectivity index (χ4v) is 2.90. The van der Waals surface area contributed by atoms with E-state index in [1.54, 1.807) is 12.1 Å². The molecule has 0 spiro atoms. The molecule has 0 atom stereocenters. The summed E-state index contributed by atoms with van der Waals surface area (Å²) in [6, 6.07) is 7.50. The third-order valence-electron chi connectivity index (χ3n) is 4.55. The third kappa shape index (κ3) is 4.42. The van der Waals surface area contributed by atoms with Crippen molar-refractivity contribution in [2.24, 2.45) is 5.73 Å². The lowest BCUT2D eigenvalue weighted by Crippen LogP contribution is -2.43. The van der Waals surface area contributed by atoms with Crippen LogP contribution in [0.25, 0.3) is 0 Å². The molecule has 0 unspecified atom stereocenters. The molecule has 3 nitrogen and oxygen atoms in total. The largest absolute Gasteiger partial charge is 0.416 e. The number of hydrogen-bond donors (Lipinski definition) is 1. The first-order chi connectivity index (χ1) is 9.37. The molecule has 0 heterocycles. The van der Waals surface area contributed by atoms with Gasteiger partial charge in [-0.3, -0.25) is 4.79 Å². The highest BCUT2D eigenvalue weighted by Crippen LogP contribution is 2.38. The third-order valence-corrected chi connectivity index (χ3v) is 9.03. The summed E-state index contributed by atoms with van der Waals surface area (Å²) in [5.41, 5.74) is 6.89. The van der Waals surface area contributed by atoms with Crippen LogP contribution in [0.5, 0.6) is 0 Å². The fraction of sp³-hybridized carbons (Fsp3) is 0.588. The molecule has 1 aromatic rings. The van der Waals surface area contributed by atoms with E-state index in [9.17, 15) is 4.79 Å². The smallest absolute Gasteiger partial charge is 0.248 e. The van der Waals surface area contributed by atoms with Crippen molar-refractivity contribution in [1.29, 1.82) is 0 Å². The Bertz CT molecular complexity index is 499. The van der Waals surface area contributed by atoms with Crippen molar-refractivity contribution in [3.05, 3.63) is 35.4 Å². The summed E-state index contributed by atoms with van der Waals surface area (Å²) in [5, 5.41) is 0.207. The van der Waals surface area contributed by atoms with Crippen LogP contribution in [0.1, 0.15) is 50.5 Å². The molecule has 1 rings (SSSR count). The molecule has 1 aromatic carbocycles. The number of carbonyl (C=O) groups excluding carboxylic acids is 1. The number of primary amides is 1. The van der Waals surface area contributed by atoms with Crippen LogP contribution in [0.4, 0.5) is 0 Å². The summed E-state index contributed by atoms with van der Waals surface area (Å²) in [4.78, 5) is 11.1. The van der Waals surface area contributed by atoms with Gasteiger partial charge in [0.25, 0.3) is 0 Å². The average Bonchev–Trinajstić information content (AvgIpc) is 2.35. The van der Waals surface area contributed by atoms with Gasteiger partial charge < -0.3 is 10.2 Å². The van der Waals surface area contributed by atoms with Crippen LogP contribution in [-0.2, 0) is 9.84 Å². The van der Waals surface area contributed by atoms with Crippen LogP contribution in [0.15, 0.2) is 24.3 Å². The van der Waals surface area contributed by atoms with Gasteiger partial charge >= 0.3 is 0 Å². The maximum absolute atomic E-state index is 11.1. The second-order valence-electron chi connectivity index (χ2n) is 7.87. The quantitative estimate of drug-likeness (QED) is 0.833.